The summed E-state index contributed by atoms with van der Waals surface area (Å²) in [4.78, 5) is 0. The van der Waals surface area contributed by atoms with E-state index < -0.39 is 5.60 Å². The van der Waals surface area contributed by atoms with Crippen molar-refractivity contribution in [3.05, 3.63) is 35.1 Å². The van der Waals surface area contributed by atoms with Gasteiger partial charge < -0.3 is 5.11 Å². The topological polar surface area (TPSA) is 20.2 Å². The number of hydrogen-bond donors (Lipinski definition) is 1. The molecular formula is C17H23FO. The standard InChI is InChI=1S/C17H23FO/c1-11-9-13(18)5-6-14(11)17(19)15(2,3)12-7-8-16(17,4)10-12/h5-6,9,12,19H,7-8,10H2,1-4H3. The predicted octanol–water partition coefficient (Wildman–Crippen LogP) is 4.17. The van der Waals surface area contributed by atoms with Gasteiger partial charge in [-0.25, -0.2) is 4.39 Å². The Hall–Kier alpha value is -0.890. The maximum Gasteiger partial charge on any atom is 0.123 e. The van der Waals surface area contributed by atoms with Crippen molar-refractivity contribution in [2.75, 3.05) is 0 Å². The van der Waals surface area contributed by atoms with Crippen LogP contribution in [0.15, 0.2) is 18.2 Å². The van der Waals surface area contributed by atoms with Crippen LogP contribution in [0.5, 0.6) is 0 Å². The summed E-state index contributed by atoms with van der Waals surface area (Å²) in [5.74, 6) is 0.336. The molecule has 2 saturated carbocycles. The smallest absolute Gasteiger partial charge is 0.123 e. The lowest BCUT2D eigenvalue weighted by Gasteiger charge is -2.51. The number of fused-ring (bicyclic) bond motifs is 2. The van der Waals surface area contributed by atoms with Crippen LogP contribution in [0.3, 0.4) is 0 Å². The Bertz CT molecular complexity index is 529. The van der Waals surface area contributed by atoms with Gasteiger partial charge >= 0.3 is 0 Å². The van der Waals surface area contributed by atoms with Crippen LogP contribution in [0.4, 0.5) is 4.39 Å². The highest BCUT2D eigenvalue weighted by Crippen LogP contribution is 2.71. The number of halogens is 1. The quantitative estimate of drug-likeness (QED) is 0.805. The number of rotatable bonds is 1. The maximum atomic E-state index is 13.4. The molecule has 104 valence electrons. The summed E-state index contributed by atoms with van der Waals surface area (Å²) in [5.41, 5.74) is 0.709. The van der Waals surface area contributed by atoms with Crippen LogP contribution in [0.25, 0.3) is 0 Å². The highest BCUT2D eigenvalue weighted by atomic mass is 19.1. The third-order valence-electron chi connectivity index (χ3n) is 6.15. The Balaban J connectivity index is 2.21. The molecule has 0 amide bonds. The average molecular weight is 262 g/mol. The van der Waals surface area contributed by atoms with E-state index in [0.717, 1.165) is 24.0 Å². The van der Waals surface area contributed by atoms with Gasteiger partial charge in [-0.15, -0.1) is 0 Å². The Kier molecular flexibility index (Phi) is 2.49. The zero-order valence-electron chi connectivity index (χ0n) is 12.3. The van der Waals surface area contributed by atoms with Gasteiger partial charge in [0.15, 0.2) is 0 Å². The summed E-state index contributed by atoms with van der Waals surface area (Å²) >= 11 is 0. The molecule has 3 atom stereocenters. The van der Waals surface area contributed by atoms with Gasteiger partial charge in [0.25, 0.3) is 0 Å². The van der Waals surface area contributed by atoms with Gasteiger partial charge in [-0.2, -0.15) is 0 Å². The third-order valence-corrected chi connectivity index (χ3v) is 6.15. The molecule has 0 aromatic heterocycles. The molecule has 1 nitrogen and oxygen atoms in total. The first kappa shape index (κ1) is 13.1. The zero-order valence-corrected chi connectivity index (χ0v) is 12.3. The van der Waals surface area contributed by atoms with Gasteiger partial charge in [0.05, 0.1) is 0 Å². The second kappa shape index (κ2) is 3.60. The highest BCUT2D eigenvalue weighted by molar-refractivity contribution is 5.39. The van der Waals surface area contributed by atoms with E-state index in [4.69, 9.17) is 0 Å². The number of aryl methyl sites for hydroxylation is 1. The molecule has 0 aliphatic heterocycles. The van der Waals surface area contributed by atoms with Gasteiger partial charge in [-0.1, -0.05) is 26.8 Å². The summed E-state index contributed by atoms with van der Waals surface area (Å²) in [6.45, 7) is 8.45. The van der Waals surface area contributed by atoms with E-state index >= 15 is 0 Å². The normalized spacial score (nSPS) is 39.8. The number of hydrogen-bond acceptors (Lipinski definition) is 1. The molecule has 0 heterocycles. The first-order valence-corrected chi connectivity index (χ1v) is 7.21. The summed E-state index contributed by atoms with van der Waals surface area (Å²) < 4.78 is 13.4. The van der Waals surface area contributed by atoms with Crippen molar-refractivity contribution in [1.82, 2.24) is 0 Å². The molecule has 3 rings (SSSR count). The lowest BCUT2D eigenvalue weighted by molar-refractivity contribution is -0.151. The fourth-order valence-corrected chi connectivity index (χ4v) is 4.96. The van der Waals surface area contributed by atoms with E-state index in [1.165, 1.54) is 12.5 Å². The van der Waals surface area contributed by atoms with Crippen molar-refractivity contribution in [2.24, 2.45) is 16.7 Å². The van der Waals surface area contributed by atoms with E-state index in [1.807, 2.05) is 6.92 Å². The van der Waals surface area contributed by atoms with Crippen molar-refractivity contribution in [3.63, 3.8) is 0 Å². The fraction of sp³-hybridized carbons (Fsp3) is 0.647. The van der Waals surface area contributed by atoms with Gasteiger partial charge in [-0.05, 0) is 55.4 Å². The van der Waals surface area contributed by atoms with E-state index in [2.05, 4.69) is 20.8 Å². The first-order valence-electron chi connectivity index (χ1n) is 7.21. The second-order valence-corrected chi connectivity index (χ2v) is 7.39. The lowest BCUT2D eigenvalue weighted by Crippen LogP contribution is -2.51. The molecule has 19 heavy (non-hydrogen) atoms. The van der Waals surface area contributed by atoms with Crippen molar-refractivity contribution >= 4 is 0 Å². The van der Waals surface area contributed by atoms with Crippen LogP contribution in [-0.2, 0) is 5.60 Å². The van der Waals surface area contributed by atoms with Crippen LogP contribution < -0.4 is 0 Å². The number of aliphatic hydroxyl groups is 1. The van der Waals surface area contributed by atoms with E-state index in [-0.39, 0.29) is 16.6 Å². The van der Waals surface area contributed by atoms with Gasteiger partial charge in [0.1, 0.15) is 11.4 Å². The molecule has 2 heteroatoms. The minimum absolute atomic E-state index is 0.0796. The van der Waals surface area contributed by atoms with Crippen molar-refractivity contribution in [3.8, 4) is 0 Å². The first-order chi connectivity index (χ1) is 8.72. The molecule has 2 aliphatic carbocycles. The van der Waals surface area contributed by atoms with Gasteiger partial charge in [0.2, 0.25) is 0 Å². The van der Waals surface area contributed by atoms with E-state index in [0.29, 0.717) is 5.92 Å². The van der Waals surface area contributed by atoms with Crippen molar-refractivity contribution in [1.29, 1.82) is 0 Å². The molecule has 0 spiro atoms. The highest BCUT2D eigenvalue weighted by Gasteiger charge is 2.69. The average Bonchev–Trinajstić information content (AvgIpc) is 2.77. The molecular weight excluding hydrogens is 239 g/mol. The van der Waals surface area contributed by atoms with E-state index in [1.54, 1.807) is 12.1 Å². The van der Waals surface area contributed by atoms with Crippen LogP contribution in [0, 0.1) is 29.5 Å². The largest absolute Gasteiger partial charge is 0.384 e. The van der Waals surface area contributed by atoms with Crippen molar-refractivity contribution < 1.29 is 9.50 Å². The molecule has 2 bridgehead atoms. The Labute approximate surface area is 114 Å². The summed E-state index contributed by atoms with van der Waals surface area (Å²) in [6, 6.07) is 4.81. The van der Waals surface area contributed by atoms with Crippen molar-refractivity contribution in [2.45, 2.75) is 52.6 Å². The molecule has 2 aliphatic rings. The van der Waals surface area contributed by atoms with Gasteiger partial charge in [-0.3, -0.25) is 0 Å². The zero-order chi connectivity index (χ0) is 14.1. The Morgan fingerprint density at radius 1 is 1.26 bits per heavy atom. The Morgan fingerprint density at radius 3 is 2.47 bits per heavy atom. The molecule has 0 radical (unpaired) electrons. The Morgan fingerprint density at radius 2 is 1.95 bits per heavy atom. The molecule has 1 aromatic rings. The van der Waals surface area contributed by atoms with Gasteiger partial charge in [0, 0.05) is 10.8 Å². The van der Waals surface area contributed by atoms with Crippen LogP contribution in [-0.4, -0.2) is 5.11 Å². The number of benzene rings is 1. The van der Waals surface area contributed by atoms with Crippen LogP contribution in [0.2, 0.25) is 0 Å². The minimum Gasteiger partial charge on any atom is -0.384 e. The molecule has 2 fully saturated rings. The monoisotopic (exact) mass is 262 g/mol. The molecule has 1 aromatic carbocycles. The van der Waals surface area contributed by atoms with Crippen LogP contribution in [0.1, 0.15) is 51.2 Å². The SMILES string of the molecule is Cc1cc(F)ccc1C1(O)C2(C)CCC(C2)C1(C)C. The molecule has 0 saturated heterocycles. The second-order valence-electron chi connectivity index (χ2n) is 7.39. The summed E-state index contributed by atoms with van der Waals surface area (Å²) in [7, 11) is 0. The third kappa shape index (κ3) is 1.38. The maximum absolute atomic E-state index is 13.4. The summed E-state index contributed by atoms with van der Waals surface area (Å²) in [6.07, 6.45) is 3.34. The minimum atomic E-state index is -0.847. The molecule has 1 N–H and O–H groups in total. The summed E-state index contributed by atoms with van der Waals surface area (Å²) in [5, 5.41) is 11.6. The van der Waals surface area contributed by atoms with Crippen LogP contribution >= 0.6 is 0 Å². The van der Waals surface area contributed by atoms with E-state index in [9.17, 15) is 9.50 Å². The fourth-order valence-electron chi connectivity index (χ4n) is 4.96. The predicted molar refractivity (Wildman–Crippen MR) is 74.3 cm³/mol. The molecule has 3 unspecified atom stereocenters. The lowest BCUT2D eigenvalue weighted by atomic mass is 9.57.